The van der Waals surface area contributed by atoms with Gasteiger partial charge in [0.1, 0.15) is 9.84 Å². The molecule has 20 heavy (non-hydrogen) atoms. The topological polar surface area (TPSA) is 46.2 Å². The van der Waals surface area contributed by atoms with Gasteiger partial charge in [-0.05, 0) is 56.9 Å². The minimum Gasteiger partial charge on any atom is -0.316 e. The predicted molar refractivity (Wildman–Crippen MR) is 84.6 cm³/mol. The maximum Gasteiger partial charge on any atom is 0.150 e. The summed E-state index contributed by atoms with van der Waals surface area (Å²) >= 11 is 0. The highest BCUT2D eigenvalue weighted by Gasteiger charge is 2.38. The van der Waals surface area contributed by atoms with E-state index in [0.717, 1.165) is 31.1 Å². The van der Waals surface area contributed by atoms with E-state index in [1.807, 2.05) is 0 Å². The third-order valence-corrected chi connectivity index (χ3v) is 7.42. The molecule has 118 valence electrons. The van der Waals surface area contributed by atoms with Crippen LogP contribution in [0.15, 0.2) is 0 Å². The summed E-state index contributed by atoms with van der Waals surface area (Å²) in [5.41, 5.74) is 0. The van der Waals surface area contributed by atoms with Crippen LogP contribution in [0.4, 0.5) is 0 Å². The minimum absolute atomic E-state index is 0.0968. The lowest BCUT2D eigenvalue weighted by atomic mass is 9.77. The normalized spacial score (nSPS) is 37.0. The molecule has 2 saturated carbocycles. The van der Waals surface area contributed by atoms with Crippen LogP contribution in [0, 0.1) is 17.8 Å². The molecule has 5 atom stereocenters. The van der Waals surface area contributed by atoms with Crippen molar-refractivity contribution in [2.24, 2.45) is 17.8 Å². The fourth-order valence-electron chi connectivity index (χ4n) is 4.56. The van der Waals surface area contributed by atoms with E-state index in [9.17, 15) is 8.42 Å². The molecule has 2 aliphatic carbocycles. The molecular weight excluding hydrogens is 270 g/mol. The molecule has 1 N–H and O–H groups in total. The molecular formula is C16H31NO2S. The molecule has 0 aliphatic heterocycles. The molecule has 0 heterocycles. The fraction of sp³-hybridized carbons (Fsp3) is 1.00. The average Bonchev–Trinajstić information content (AvgIpc) is 2.88. The molecule has 3 nitrogen and oxygen atoms in total. The van der Waals surface area contributed by atoms with Gasteiger partial charge in [0, 0.05) is 12.3 Å². The summed E-state index contributed by atoms with van der Waals surface area (Å²) < 4.78 is 23.7. The maximum absolute atomic E-state index is 11.8. The van der Waals surface area contributed by atoms with Crippen LogP contribution in [0.1, 0.15) is 58.3 Å². The second-order valence-corrected chi connectivity index (χ2v) is 9.37. The molecule has 0 amide bonds. The van der Waals surface area contributed by atoms with Crippen LogP contribution in [-0.4, -0.2) is 33.0 Å². The number of sulfone groups is 1. The van der Waals surface area contributed by atoms with Crippen molar-refractivity contribution in [1.29, 1.82) is 0 Å². The van der Waals surface area contributed by atoms with E-state index < -0.39 is 9.84 Å². The van der Waals surface area contributed by atoms with E-state index in [1.165, 1.54) is 38.4 Å². The Labute approximate surface area is 124 Å². The van der Waals surface area contributed by atoms with Gasteiger partial charge in [0.25, 0.3) is 0 Å². The Morgan fingerprint density at radius 1 is 1.10 bits per heavy atom. The zero-order chi connectivity index (χ0) is 14.8. The molecule has 2 aliphatic rings. The van der Waals surface area contributed by atoms with E-state index in [4.69, 9.17) is 0 Å². The lowest BCUT2D eigenvalue weighted by molar-refractivity contribution is 0.214. The monoisotopic (exact) mass is 301 g/mol. The van der Waals surface area contributed by atoms with Gasteiger partial charge in [-0.2, -0.15) is 0 Å². The van der Waals surface area contributed by atoms with Crippen LogP contribution >= 0.6 is 0 Å². The van der Waals surface area contributed by atoms with Crippen LogP contribution in [-0.2, 0) is 9.84 Å². The lowest BCUT2D eigenvalue weighted by Gasteiger charge is -2.37. The van der Waals surface area contributed by atoms with Crippen molar-refractivity contribution in [2.45, 2.75) is 69.6 Å². The Bertz CT molecular complexity index is 407. The molecule has 0 saturated heterocycles. The first-order valence-corrected chi connectivity index (χ1v) is 10.3. The summed E-state index contributed by atoms with van der Waals surface area (Å²) in [4.78, 5) is 0. The first-order valence-electron chi connectivity index (χ1n) is 8.31. The van der Waals surface area contributed by atoms with Crippen molar-refractivity contribution in [3.05, 3.63) is 0 Å². The third-order valence-electron chi connectivity index (χ3n) is 5.78. The largest absolute Gasteiger partial charge is 0.316 e. The van der Waals surface area contributed by atoms with Crippen molar-refractivity contribution >= 4 is 9.84 Å². The van der Waals surface area contributed by atoms with E-state index >= 15 is 0 Å². The molecule has 0 aromatic heterocycles. The third kappa shape index (κ3) is 3.76. The first-order chi connectivity index (χ1) is 9.45. The van der Waals surface area contributed by atoms with Gasteiger partial charge in [0.2, 0.25) is 0 Å². The van der Waals surface area contributed by atoms with Gasteiger partial charge in [0.05, 0.1) is 5.25 Å². The lowest BCUT2D eigenvalue weighted by Crippen LogP contribution is -2.43. The van der Waals surface area contributed by atoms with Crippen molar-refractivity contribution in [1.82, 2.24) is 5.32 Å². The van der Waals surface area contributed by atoms with Gasteiger partial charge < -0.3 is 5.32 Å². The summed E-state index contributed by atoms with van der Waals surface area (Å²) in [5.74, 6) is 2.20. The summed E-state index contributed by atoms with van der Waals surface area (Å²) in [7, 11) is -0.804. The Morgan fingerprint density at radius 3 is 2.35 bits per heavy atom. The zero-order valence-corrected chi connectivity index (χ0v) is 14.1. The Morgan fingerprint density at radius 2 is 1.80 bits per heavy atom. The summed E-state index contributed by atoms with van der Waals surface area (Å²) in [6.07, 6.45) is 10.7. The van der Waals surface area contributed by atoms with E-state index in [-0.39, 0.29) is 5.25 Å². The summed E-state index contributed by atoms with van der Waals surface area (Å²) in [6.45, 7) is 2.29. The molecule has 0 spiro atoms. The Hall–Kier alpha value is -0.0900. The van der Waals surface area contributed by atoms with Crippen LogP contribution in [0.25, 0.3) is 0 Å². The molecule has 2 rings (SSSR count). The van der Waals surface area contributed by atoms with Crippen LogP contribution in [0.5, 0.6) is 0 Å². The molecule has 4 heteroatoms. The van der Waals surface area contributed by atoms with Gasteiger partial charge in [-0.3, -0.25) is 0 Å². The second-order valence-electron chi connectivity index (χ2n) is 7.04. The Balaban J connectivity index is 2.00. The van der Waals surface area contributed by atoms with Gasteiger partial charge in [-0.15, -0.1) is 0 Å². The number of hydrogen-bond acceptors (Lipinski definition) is 3. The number of rotatable bonds is 5. The summed E-state index contributed by atoms with van der Waals surface area (Å²) in [5, 5.41) is 3.44. The van der Waals surface area contributed by atoms with Gasteiger partial charge in [-0.25, -0.2) is 8.42 Å². The first kappa shape index (κ1) is 16.3. The van der Waals surface area contributed by atoms with Crippen molar-refractivity contribution in [3.8, 4) is 0 Å². The molecule has 2 fully saturated rings. The van der Waals surface area contributed by atoms with Gasteiger partial charge in [0.15, 0.2) is 0 Å². The minimum atomic E-state index is -2.87. The highest BCUT2D eigenvalue weighted by atomic mass is 32.2. The maximum atomic E-state index is 11.8. The fourth-order valence-corrected chi connectivity index (χ4v) is 5.75. The highest BCUT2D eigenvalue weighted by Crippen LogP contribution is 2.40. The van der Waals surface area contributed by atoms with E-state index in [0.29, 0.717) is 12.0 Å². The van der Waals surface area contributed by atoms with Crippen molar-refractivity contribution < 1.29 is 8.42 Å². The zero-order valence-electron chi connectivity index (χ0n) is 13.3. The Kier molecular flexibility index (Phi) is 5.52. The van der Waals surface area contributed by atoms with Crippen molar-refractivity contribution in [3.63, 3.8) is 0 Å². The number of hydrogen-bond donors (Lipinski definition) is 1. The van der Waals surface area contributed by atoms with Gasteiger partial charge >= 0.3 is 0 Å². The smallest absolute Gasteiger partial charge is 0.150 e. The highest BCUT2D eigenvalue weighted by molar-refractivity contribution is 7.91. The average molecular weight is 301 g/mol. The summed E-state index contributed by atoms with van der Waals surface area (Å²) in [6, 6.07) is 0.524. The van der Waals surface area contributed by atoms with E-state index in [1.54, 1.807) is 0 Å². The van der Waals surface area contributed by atoms with Crippen LogP contribution < -0.4 is 5.32 Å². The van der Waals surface area contributed by atoms with Crippen molar-refractivity contribution in [2.75, 3.05) is 13.3 Å². The molecule has 0 bridgehead atoms. The quantitative estimate of drug-likeness (QED) is 0.849. The van der Waals surface area contributed by atoms with Gasteiger partial charge in [-0.1, -0.05) is 26.2 Å². The molecule has 5 unspecified atom stereocenters. The van der Waals surface area contributed by atoms with E-state index in [2.05, 4.69) is 19.3 Å². The van der Waals surface area contributed by atoms with Crippen LogP contribution in [0.2, 0.25) is 0 Å². The molecule has 0 aromatic carbocycles. The SMILES string of the molecule is CCC1CCC(C(NC)C2CCCC(S(C)(=O)=O)C2)C1. The molecule has 0 radical (unpaired) electrons. The standard InChI is InChI=1S/C16H31NO2S/c1-4-12-8-9-14(10-12)16(17-2)13-6-5-7-15(11-13)20(3,18)19/h12-17H,4-11H2,1-3H3. The number of nitrogens with one attached hydrogen (secondary N) is 1. The predicted octanol–water partition coefficient (Wildman–Crippen LogP) is 3.00. The van der Waals surface area contributed by atoms with Crippen LogP contribution in [0.3, 0.4) is 0 Å². The molecule has 0 aromatic rings. The second kappa shape index (κ2) is 6.78.